The summed E-state index contributed by atoms with van der Waals surface area (Å²) in [5, 5.41) is 9.06. The molecular weight excluding hydrogens is 390 g/mol. The Balaban J connectivity index is 1.51. The molecule has 0 atom stereocenters. The molecule has 0 amide bonds. The van der Waals surface area contributed by atoms with Crippen LogP contribution in [0.25, 0.3) is 11.1 Å². The minimum Gasteiger partial charge on any atom is -0.480 e. The second-order valence-corrected chi connectivity index (χ2v) is 8.05. The summed E-state index contributed by atoms with van der Waals surface area (Å²) in [7, 11) is 1.92. The van der Waals surface area contributed by atoms with Gasteiger partial charge in [-0.25, -0.2) is 0 Å². The van der Waals surface area contributed by atoms with Gasteiger partial charge in [-0.15, -0.1) is 0 Å². The number of aryl methyl sites for hydroxylation is 1. The Morgan fingerprint density at radius 1 is 1.06 bits per heavy atom. The van der Waals surface area contributed by atoms with E-state index in [9.17, 15) is 4.79 Å². The van der Waals surface area contributed by atoms with E-state index in [1.54, 1.807) is 0 Å². The van der Waals surface area contributed by atoms with Crippen LogP contribution >= 0.6 is 0 Å². The van der Waals surface area contributed by atoms with Crippen LogP contribution in [0.15, 0.2) is 54.6 Å². The lowest BCUT2D eigenvalue weighted by atomic mass is 9.94. The molecule has 0 aliphatic carbocycles. The minimum atomic E-state index is -0.826. The number of pyridine rings is 1. The van der Waals surface area contributed by atoms with Crippen molar-refractivity contribution in [2.24, 2.45) is 0 Å². The van der Waals surface area contributed by atoms with Crippen LogP contribution < -0.4 is 9.64 Å². The van der Waals surface area contributed by atoms with Crippen molar-refractivity contribution in [3.63, 3.8) is 0 Å². The number of fused-ring (bicyclic) bond motifs is 1. The third kappa shape index (κ3) is 4.54. The van der Waals surface area contributed by atoms with E-state index in [0.29, 0.717) is 25.7 Å². The first-order valence-electron chi connectivity index (χ1n) is 10.3. The van der Waals surface area contributed by atoms with Crippen LogP contribution in [0.2, 0.25) is 0 Å². The maximum atomic E-state index is 11.0. The Labute approximate surface area is 182 Å². The molecule has 1 aliphatic rings. The van der Waals surface area contributed by atoms with Gasteiger partial charge in [-0.05, 0) is 47.7 Å². The summed E-state index contributed by atoms with van der Waals surface area (Å²) < 4.78 is 6.05. The molecule has 0 saturated heterocycles. The highest BCUT2D eigenvalue weighted by Gasteiger charge is 2.23. The number of aromatic nitrogens is 1. The summed E-state index contributed by atoms with van der Waals surface area (Å²) in [6.45, 7) is 5.80. The van der Waals surface area contributed by atoms with Gasteiger partial charge in [-0.1, -0.05) is 42.5 Å². The summed E-state index contributed by atoms with van der Waals surface area (Å²) in [4.78, 5) is 19.5. The zero-order valence-electron chi connectivity index (χ0n) is 18.1. The average Bonchev–Trinajstić information content (AvgIpc) is 2.73. The molecule has 0 spiro atoms. The van der Waals surface area contributed by atoms with Gasteiger partial charge in [0.2, 0.25) is 5.88 Å². The van der Waals surface area contributed by atoms with Gasteiger partial charge in [0.05, 0.1) is 13.2 Å². The fourth-order valence-corrected chi connectivity index (χ4v) is 4.11. The molecule has 4 rings (SSSR count). The van der Waals surface area contributed by atoms with Crippen molar-refractivity contribution >= 4 is 11.8 Å². The summed E-state index contributed by atoms with van der Waals surface area (Å²) >= 11 is 0. The van der Waals surface area contributed by atoms with E-state index in [-0.39, 0.29) is 6.54 Å². The summed E-state index contributed by atoms with van der Waals surface area (Å²) in [6, 6.07) is 18.5. The highest BCUT2D eigenvalue weighted by molar-refractivity contribution is 5.71. The van der Waals surface area contributed by atoms with Gasteiger partial charge in [0.1, 0.15) is 12.4 Å². The molecule has 6 nitrogen and oxygen atoms in total. The summed E-state index contributed by atoms with van der Waals surface area (Å²) in [5.74, 6) is 0.579. The van der Waals surface area contributed by atoms with Crippen molar-refractivity contribution in [2.45, 2.75) is 27.0 Å². The quantitative estimate of drug-likeness (QED) is 0.647. The number of rotatable bonds is 6. The average molecular weight is 418 g/mol. The van der Waals surface area contributed by atoms with E-state index >= 15 is 0 Å². The standard InChI is InChI=1S/C25H27N3O3/c1-17-7-4-5-9-21(17)22-10-6-8-20(18(22)2)15-31-23-12-11-19-13-28(14-24(29)30)16-27(3)25(19)26-23/h4-12H,13-16H2,1-3H3,(H,29,30). The fourth-order valence-electron chi connectivity index (χ4n) is 4.11. The van der Waals surface area contributed by atoms with Crippen LogP contribution in [-0.2, 0) is 17.9 Å². The predicted octanol–water partition coefficient (Wildman–Crippen LogP) is 4.24. The topological polar surface area (TPSA) is 65.9 Å². The molecule has 0 bridgehead atoms. The maximum absolute atomic E-state index is 11.0. The predicted molar refractivity (Wildman–Crippen MR) is 121 cm³/mol. The largest absolute Gasteiger partial charge is 0.480 e. The van der Waals surface area contributed by atoms with Crippen LogP contribution in [0.4, 0.5) is 5.82 Å². The number of carboxylic acids is 1. The minimum absolute atomic E-state index is 0.0124. The molecular formula is C25H27N3O3. The van der Waals surface area contributed by atoms with Crippen molar-refractivity contribution in [3.8, 4) is 17.0 Å². The van der Waals surface area contributed by atoms with Gasteiger partial charge in [0.15, 0.2) is 0 Å². The van der Waals surface area contributed by atoms with E-state index < -0.39 is 5.97 Å². The summed E-state index contributed by atoms with van der Waals surface area (Å²) in [5.41, 5.74) is 7.04. The van der Waals surface area contributed by atoms with E-state index in [0.717, 1.165) is 16.9 Å². The van der Waals surface area contributed by atoms with Crippen molar-refractivity contribution in [1.82, 2.24) is 9.88 Å². The molecule has 3 aromatic rings. The SMILES string of the molecule is Cc1ccccc1-c1cccc(COc2ccc3c(n2)N(C)CN(CC(=O)O)C3)c1C. The van der Waals surface area contributed by atoms with Gasteiger partial charge < -0.3 is 14.7 Å². The van der Waals surface area contributed by atoms with Crippen LogP contribution in [0.3, 0.4) is 0 Å². The normalized spacial score (nSPS) is 13.7. The zero-order valence-corrected chi connectivity index (χ0v) is 18.1. The van der Waals surface area contributed by atoms with Crippen LogP contribution in [0.5, 0.6) is 5.88 Å². The number of anilines is 1. The molecule has 0 saturated carbocycles. The Kier molecular flexibility index (Phi) is 5.91. The zero-order chi connectivity index (χ0) is 22.0. The molecule has 2 aromatic carbocycles. The third-order valence-corrected chi connectivity index (χ3v) is 5.71. The number of nitrogens with zero attached hydrogens (tertiary/aromatic N) is 3. The molecule has 2 heterocycles. The first-order valence-corrected chi connectivity index (χ1v) is 10.3. The van der Waals surface area contributed by atoms with Crippen molar-refractivity contribution in [1.29, 1.82) is 0 Å². The molecule has 0 unspecified atom stereocenters. The highest BCUT2D eigenvalue weighted by Crippen LogP contribution is 2.30. The lowest BCUT2D eigenvalue weighted by molar-refractivity contribution is -0.138. The van der Waals surface area contributed by atoms with Crippen LogP contribution in [0.1, 0.15) is 22.3 Å². The molecule has 1 aromatic heterocycles. The maximum Gasteiger partial charge on any atom is 0.317 e. The molecule has 1 aliphatic heterocycles. The van der Waals surface area contributed by atoms with Gasteiger partial charge >= 0.3 is 5.97 Å². The molecule has 0 radical (unpaired) electrons. The fraction of sp³-hybridized carbons (Fsp3) is 0.280. The number of benzene rings is 2. The van der Waals surface area contributed by atoms with E-state index in [1.165, 1.54) is 22.3 Å². The number of carboxylic acid groups (broad SMARTS) is 1. The number of ether oxygens (including phenoxy) is 1. The Morgan fingerprint density at radius 3 is 2.61 bits per heavy atom. The van der Waals surface area contributed by atoms with E-state index in [1.807, 2.05) is 29.0 Å². The Bertz CT molecular complexity index is 1110. The first kappa shape index (κ1) is 20.9. The molecule has 6 heteroatoms. The third-order valence-electron chi connectivity index (χ3n) is 5.71. The van der Waals surface area contributed by atoms with Crippen LogP contribution in [0, 0.1) is 13.8 Å². The van der Waals surface area contributed by atoms with E-state index in [2.05, 4.69) is 61.3 Å². The Morgan fingerprint density at radius 2 is 1.84 bits per heavy atom. The van der Waals surface area contributed by atoms with E-state index in [4.69, 9.17) is 9.84 Å². The smallest absolute Gasteiger partial charge is 0.317 e. The van der Waals surface area contributed by atoms with Crippen molar-refractivity contribution in [2.75, 3.05) is 25.2 Å². The van der Waals surface area contributed by atoms with Gasteiger partial charge in [0, 0.05) is 25.2 Å². The van der Waals surface area contributed by atoms with Gasteiger partial charge in [-0.2, -0.15) is 4.98 Å². The monoisotopic (exact) mass is 417 g/mol. The number of hydrogen-bond acceptors (Lipinski definition) is 5. The number of carbonyl (C=O) groups is 1. The van der Waals surface area contributed by atoms with Crippen LogP contribution in [-0.4, -0.2) is 41.2 Å². The van der Waals surface area contributed by atoms with Crippen molar-refractivity contribution in [3.05, 3.63) is 76.9 Å². The van der Waals surface area contributed by atoms with Gasteiger partial charge in [0.25, 0.3) is 0 Å². The lowest BCUT2D eigenvalue weighted by Crippen LogP contribution is -2.43. The second kappa shape index (κ2) is 8.78. The first-order chi connectivity index (χ1) is 14.9. The lowest BCUT2D eigenvalue weighted by Gasteiger charge is -2.34. The molecule has 1 N–H and O–H groups in total. The number of hydrogen-bond donors (Lipinski definition) is 1. The Hall–Kier alpha value is -3.38. The highest BCUT2D eigenvalue weighted by atomic mass is 16.5. The molecule has 31 heavy (non-hydrogen) atoms. The molecule has 160 valence electrons. The van der Waals surface area contributed by atoms with Crippen molar-refractivity contribution < 1.29 is 14.6 Å². The summed E-state index contributed by atoms with van der Waals surface area (Å²) in [6.07, 6.45) is 0. The number of aliphatic carboxylic acids is 1. The second-order valence-electron chi connectivity index (χ2n) is 8.05. The molecule has 0 fully saturated rings. The van der Waals surface area contributed by atoms with Gasteiger partial charge in [-0.3, -0.25) is 9.69 Å².